The Morgan fingerprint density at radius 1 is 1.19 bits per heavy atom. The first kappa shape index (κ1) is 25.8. The van der Waals surface area contributed by atoms with E-state index in [-0.39, 0.29) is 17.4 Å². The summed E-state index contributed by atoms with van der Waals surface area (Å²) < 4.78 is 67.0. The van der Waals surface area contributed by atoms with Gasteiger partial charge in [0, 0.05) is 32.7 Å². The third-order valence-corrected chi connectivity index (χ3v) is 6.91. The van der Waals surface area contributed by atoms with Crippen LogP contribution in [0.3, 0.4) is 0 Å². The fourth-order valence-corrected chi connectivity index (χ4v) is 4.46. The molecule has 1 N–H and O–H groups in total. The van der Waals surface area contributed by atoms with Gasteiger partial charge in [0.1, 0.15) is 11.8 Å². The van der Waals surface area contributed by atoms with Crippen molar-refractivity contribution in [2.75, 3.05) is 43.9 Å². The molecule has 0 aromatic heterocycles. The van der Waals surface area contributed by atoms with Crippen LogP contribution < -0.4 is 9.46 Å². The van der Waals surface area contributed by atoms with Crippen LogP contribution in [0.1, 0.15) is 18.9 Å². The number of sulfonamides is 1. The molecule has 0 bridgehead atoms. The molecule has 1 heterocycles. The molecule has 7 nitrogen and oxygen atoms in total. The van der Waals surface area contributed by atoms with Crippen molar-refractivity contribution in [2.24, 2.45) is 0 Å². The van der Waals surface area contributed by atoms with E-state index >= 15 is 0 Å². The first-order chi connectivity index (χ1) is 14.5. The van der Waals surface area contributed by atoms with E-state index in [1.54, 1.807) is 28.8 Å². The lowest BCUT2D eigenvalue weighted by molar-refractivity contribution is -0.274. The maximum atomic E-state index is 12.9. The maximum Gasteiger partial charge on any atom is 0.573 e. The molecule has 1 aliphatic heterocycles. The number of benzene rings is 1. The van der Waals surface area contributed by atoms with E-state index in [2.05, 4.69) is 14.4 Å². The molecule has 1 aromatic rings. The fourth-order valence-electron chi connectivity index (χ4n) is 3.17. The number of hydrogen-bond acceptors (Lipinski definition) is 6. The number of alkyl halides is 3. The van der Waals surface area contributed by atoms with Gasteiger partial charge in [0.05, 0.1) is 5.75 Å². The van der Waals surface area contributed by atoms with Crippen molar-refractivity contribution in [3.8, 4) is 5.75 Å². The summed E-state index contributed by atoms with van der Waals surface area (Å²) in [5.74, 6) is 0.0876. The van der Waals surface area contributed by atoms with Crippen molar-refractivity contribution in [3.63, 3.8) is 0 Å². The minimum atomic E-state index is -4.72. The van der Waals surface area contributed by atoms with Crippen LogP contribution in [0.4, 0.5) is 13.2 Å². The largest absolute Gasteiger partial charge is 0.573 e. The summed E-state index contributed by atoms with van der Waals surface area (Å²) in [6, 6.07) is 4.94. The quantitative estimate of drug-likeness (QED) is 0.550. The molecule has 0 aliphatic carbocycles. The van der Waals surface area contributed by atoms with Crippen molar-refractivity contribution in [2.45, 2.75) is 32.3 Å². The number of rotatable bonds is 10. The van der Waals surface area contributed by atoms with Crippen LogP contribution in [0.5, 0.6) is 5.75 Å². The highest BCUT2D eigenvalue weighted by molar-refractivity contribution is 7.98. The summed E-state index contributed by atoms with van der Waals surface area (Å²) in [4.78, 5) is 16.6. The topological polar surface area (TPSA) is 79.0 Å². The molecule has 0 saturated carbocycles. The van der Waals surface area contributed by atoms with Crippen LogP contribution in [-0.4, -0.2) is 80.5 Å². The lowest BCUT2D eigenvalue weighted by Crippen LogP contribution is -2.55. The molecule has 1 unspecified atom stereocenters. The SMILES string of the molecule is CCS(=O)(=O)NC(CCSC)C(=O)N1CCN(Cc2ccc(OC(F)(F)F)cc2)CC1. The minimum Gasteiger partial charge on any atom is -0.406 e. The number of halogens is 3. The second kappa shape index (κ2) is 11.4. The summed E-state index contributed by atoms with van der Waals surface area (Å²) in [6.45, 7) is 4.14. The summed E-state index contributed by atoms with van der Waals surface area (Å²) >= 11 is 1.55. The Balaban J connectivity index is 1.89. The van der Waals surface area contributed by atoms with E-state index in [4.69, 9.17) is 0 Å². The van der Waals surface area contributed by atoms with E-state index in [1.165, 1.54) is 19.1 Å². The van der Waals surface area contributed by atoms with Gasteiger partial charge in [-0.2, -0.15) is 11.8 Å². The van der Waals surface area contributed by atoms with Crippen molar-refractivity contribution in [1.29, 1.82) is 0 Å². The standard InChI is InChI=1S/C19H28F3N3O4S2/c1-3-31(27,28)23-17(8-13-30-2)18(26)25-11-9-24(10-12-25)14-15-4-6-16(7-5-15)29-19(20,21)22/h4-7,17,23H,3,8-14H2,1-2H3. The van der Waals surface area contributed by atoms with Gasteiger partial charge in [-0.3, -0.25) is 9.69 Å². The van der Waals surface area contributed by atoms with E-state index in [9.17, 15) is 26.4 Å². The van der Waals surface area contributed by atoms with E-state index in [1.807, 2.05) is 6.26 Å². The average Bonchev–Trinajstić information content (AvgIpc) is 2.71. The number of hydrogen-bond donors (Lipinski definition) is 1. The number of nitrogens with zero attached hydrogens (tertiary/aromatic N) is 2. The molecule has 2 rings (SSSR count). The molecule has 1 aliphatic rings. The second-order valence-electron chi connectivity index (χ2n) is 7.15. The maximum absolute atomic E-state index is 12.9. The van der Waals surface area contributed by atoms with Crippen LogP contribution in [0.15, 0.2) is 24.3 Å². The Bertz CT molecular complexity index is 812. The fraction of sp³-hybridized carbons (Fsp3) is 0.632. The van der Waals surface area contributed by atoms with Gasteiger partial charge in [-0.05, 0) is 43.0 Å². The van der Waals surface area contributed by atoms with Gasteiger partial charge in [0.2, 0.25) is 15.9 Å². The Morgan fingerprint density at radius 3 is 2.32 bits per heavy atom. The Labute approximate surface area is 185 Å². The average molecular weight is 484 g/mol. The zero-order valence-electron chi connectivity index (χ0n) is 17.5. The zero-order chi connectivity index (χ0) is 23.1. The summed E-state index contributed by atoms with van der Waals surface area (Å²) in [5.41, 5.74) is 0.836. The molecule has 0 radical (unpaired) electrons. The van der Waals surface area contributed by atoms with Gasteiger partial charge < -0.3 is 9.64 Å². The highest BCUT2D eigenvalue weighted by atomic mass is 32.2. The van der Waals surface area contributed by atoms with Crippen LogP contribution in [-0.2, 0) is 21.4 Å². The Hall–Kier alpha value is -1.50. The Morgan fingerprint density at radius 2 is 1.81 bits per heavy atom. The third-order valence-electron chi connectivity index (χ3n) is 4.86. The van der Waals surface area contributed by atoms with Gasteiger partial charge in [-0.25, -0.2) is 13.1 Å². The number of thioether (sulfide) groups is 1. The highest BCUT2D eigenvalue weighted by Crippen LogP contribution is 2.23. The number of carbonyl (C=O) groups excluding carboxylic acids is 1. The van der Waals surface area contributed by atoms with Crippen LogP contribution in [0.25, 0.3) is 0 Å². The predicted molar refractivity (Wildman–Crippen MR) is 114 cm³/mol. The van der Waals surface area contributed by atoms with E-state index in [0.717, 1.165) is 5.56 Å². The van der Waals surface area contributed by atoms with Crippen LogP contribution in [0, 0.1) is 0 Å². The number of piperazine rings is 1. The third kappa shape index (κ3) is 8.87. The number of amides is 1. The van der Waals surface area contributed by atoms with E-state index in [0.29, 0.717) is 44.9 Å². The molecule has 0 spiro atoms. The molecule has 1 fully saturated rings. The van der Waals surface area contributed by atoms with Crippen molar-refractivity contribution in [1.82, 2.24) is 14.5 Å². The number of carbonyl (C=O) groups is 1. The van der Waals surface area contributed by atoms with Gasteiger partial charge in [-0.15, -0.1) is 13.2 Å². The lowest BCUT2D eigenvalue weighted by Gasteiger charge is -2.36. The van der Waals surface area contributed by atoms with Gasteiger partial charge >= 0.3 is 6.36 Å². The van der Waals surface area contributed by atoms with E-state index < -0.39 is 22.4 Å². The summed E-state index contributed by atoms with van der Waals surface area (Å²) in [5, 5.41) is 0. The molecular weight excluding hydrogens is 455 g/mol. The molecule has 1 atom stereocenters. The minimum absolute atomic E-state index is 0.0867. The molecule has 176 valence electrons. The van der Waals surface area contributed by atoms with Gasteiger partial charge in [0.25, 0.3) is 0 Å². The number of nitrogens with one attached hydrogen (secondary N) is 1. The molecule has 1 amide bonds. The second-order valence-corrected chi connectivity index (χ2v) is 10.2. The Kier molecular flexibility index (Phi) is 9.46. The van der Waals surface area contributed by atoms with Crippen molar-refractivity contribution in [3.05, 3.63) is 29.8 Å². The van der Waals surface area contributed by atoms with Gasteiger partial charge in [0.15, 0.2) is 0 Å². The molecular formula is C19H28F3N3O4S2. The summed E-state index contributed by atoms with van der Waals surface area (Å²) in [6.07, 6.45) is -2.40. The predicted octanol–water partition coefficient (Wildman–Crippen LogP) is 2.29. The molecule has 1 saturated heterocycles. The van der Waals surface area contributed by atoms with Crippen molar-refractivity contribution < 1.29 is 31.1 Å². The molecule has 12 heteroatoms. The van der Waals surface area contributed by atoms with Crippen LogP contribution >= 0.6 is 11.8 Å². The first-order valence-electron chi connectivity index (χ1n) is 9.87. The first-order valence-corrected chi connectivity index (χ1v) is 12.9. The monoisotopic (exact) mass is 483 g/mol. The normalized spacial score (nSPS) is 16.9. The lowest BCUT2D eigenvalue weighted by atomic mass is 10.1. The van der Waals surface area contributed by atoms with Crippen molar-refractivity contribution >= 4 is 27.7 Å². The smallest absolute Gasteiger partial charge is 0.406 e. The molecule has 1 aromatic carbocycles. The summed E-state index contributed by atoms with van der Waals surface area (Å²) in [7, 11) is -3.50. The molecule has 31 heavy (non-hydrogen) atoms. The zero-order valence-corrected chi connectivity index (χ0v) is 19.2. The highest BCUT2D eigenvalue weighted by Gasteiger charge is 2.31. The number of ether oxygens (including phenoxy) is 1. The van der Waals surface area contributed by atoms with Gasteiger partial charge in [-0.1, -0.05) is 12.1 Å². The van der Waals surface area contributed by atoms with Crippen LogP contribution in [0.2, 0.25) is 0 Å².